The molecule has 0 aliphatic heterocycles. The van der Waals surface area contributed by atoms with Crippen LogP contribution in [0.2, 0.25) is 0 Å². The summed E-state index contributed by atoms with van der Waals surface area (Å²) >= 11 is 0. The summed E-state index contributed by atoms with van der Waals surface area (Å²) in [5.74, 6) is 1.32. The summed E-state index contributed by atoms with van der Waals surface area (Å²) in [6.45, 7) is 11.6. The summed E-state index contributed by atoms with van der Waals surface area (Å²) < 4.78 is 5.18. The highest BCUT2D eigenvalue weighted by atomic mass is 16.5. The van der Waals surface area contributed by atoms with Gasteiger partial charge < -0.3 is 4.74 Å². The number of ether oxygens (including phenoxy) is 1. The molecule has 1 aliphatic carbocycles. The SMILES string of the molecule is CC/C=C(\C)[C@H]1C[C@@H](CCOC(=O)CC)C1(C)C. The maximum absolute atomic E-state index is 11.1. The number of hydrogen-bond donors (Lipinski definition) is 0. The van der Waals surface area contributed by atoms with Crippen molar-refractivity contribution in [2.45, 2.75) is 60.3 Å². The van der Waals surface area contributed by atoms with Crippen LogP contribution in [-0.2, 0) is 9.53 Å². The van der Waals surface area contributed by atoms with Gasteiger partial charge in [-0.1, -0.05) is 39.3 Å². The molecule has 0 aromatic rings. The minimum Gasteiger partial charge on any atom is -0.466 e. The van der Waals surface area contributed by atoms with Crippen LogP contribution in [0, 0.1) is 17.3 Å². The first kappa shape index (κ1) is 15.3. The molecule has 0 heterocycles. The topological polar surface area (TPSA) is 26.3 Å². The van der Waals surface area contributed by atoms with E-state index in [1.165, 1.54) is 12.0 Å². The lowest BCUT2D eigenvalue weighted by atomic mass is 9.52. The number of carbonyl (C=O) groups is 1. The molecule has 18 heavy (non-hydrogen) atoms. The van der Waals surface area contributed by atoms with E-state index in [9.17, 15) is 4.79 Å². The maximum atomic E-state index is 11.1. The number of hydrogen-bond acceptors (Lipinski definition) is 2. The van der Waals surface area contributed by atoms with E-state index in [1.54, 1.807) is 0 Å². The average molecular weight is 252 g/mol. The first-order valence-corrected chi connectivity index (χ1v) is 7.25. The first-order valence-electron chi connectivity index (χ1n) is 7.25. The number of rotatable bonds is 6. The van der Waals surface area contributed by atoms with Gasteiger partial charge in [0.05, 0.1) is 6.61 Å². The van der Waals surface area contributed by atoms with Gasteiger partial charge in [0, 0.05) is 6.42 Å². The predicted molar refractivity (Wildman–Crippen MR) is 75.3 cm³/mol. The van der Waals surface area contributed by atoms with Gasteiger partial charge in [-0.25, -0.2) is 0 Å². The van der Waals surface area contributed by atoms with E-state index in [0.29, 0.717) is 30.3 Å². The Morgan fingerprint density at radius 1 is 1.39 bits per heavy atom. The average Bonchev–Trinajstić information content (AvgIpc) is 2.32. The lowest BCUT2D eigenvalue weighted by Crippen LogP contribution is -2.45. The zero-order valence-electron chi connectivity index (χ0n) is 12.6. The zero-order chi connectivity index (χ0) is 13.8. The second kappa shape index (κ2) is 6.40. The third-order valence-corrected chi connectivity index (χ3v) is 4.56. The molecular weight excluding hydrogens is 224 g/mol. The Morgan fingerprint density at radius 2 is 2.06 bits per heavy atom. The molecule has 1 aliphatic rings. The van der Waals surface area contributed by atoms with Crippen molar-refractivity contribution in [3.05, 3.63) is 11.6 Å². The van der Waals surface area contributed by atoms with Crippen molar-refractivity contribution in [1.29, 1.82) is 0 Å². The van der Waals surface area contributed by atoms with Gasteiger partial charge in [-0.2, -0.15) is 0 Å². The number of esters is 1. The van der Waals surface area contributed by atoms with Gasteiger partial charge >= 0.3 is 5.97 Å². The zero-order valence-corrected chi connectivity index (χ0v) is 12.6. The van der Waals surface area contributed by atoms with Gasteiger partial charge in [-0.15, -0.1) is 0 Å². The highest BCUT2D eigenvalue weighted by Crippen LogP contribution is 2.55. The summed E-state index contributed by atoms with van der Waals surface area (Å²) in [5, 5.41) is 0. The molecule has 0 bridgehead atoms. The molecule has 1 rings (SSSR count). The first-order chi connectivity index (χ1) is 8.43. The molecule has 0 unspecified atom stereocenters. The van der Waals surface area contributed by atoms with Crippen LogP contribution in [0.25, 0.3) is 0 Å². The molecule has 0 N–H and O–H groups in total. The second-order valence-electron chi connectivity index (χ2n) is 6.03. The number of allylic oxidation sites excluding steroid dienone is 2. The lowest BCUT2D eigenvalue weighted by Gasteiger charge is -2.53. The Bertz CT molecular complexity index is 315. The van der Waals surface area contributed by atoms with Crippen LogP contribution in [0.5, 0.6) is 0 Å². The van der Waals surface area contributed by atoms with Crippen molar-refractivity contribution in [3.8, 4) is 0 Å². The van der Waals surface area contributed by atoms with Gasteiger partial charge in [0.2, 0.25) is 0 Å². The molecule has 0 aromatic heterocycles. The highest BCUT2D eigenvalue weighted by molar-refractivity contribution is 5.68. The van der Waals surface area contributed by atoms with Crippen molar-refractivity contribution in [3.63, 3.8) is 0 Å². The van der Waals surface area contributed by atoms with E-state index < -0.39 is 0 Å². The molecule has 0 spiro atoms. The quantitative estimate of drug-likeness (QED) is 0.519. The lowest BCUT2D eigenvalue weighted by molar-refractivity contribution is -0.144. The van der Waals surface area contributed by atoms with Crippen molar-refractivity contribution >= 4 is 5.97 Å². The summed E-state index contributed by atoms with van der Waals surface area (Å²) in [4.78, 5) is 11.1. The fraction of sp³-hybridized carbons (Fsp3) is 0.812. The molecule has 0 aromatic carbocycles. The van der Waals surface area contributed by atoms with Gasteiger partial charge in [-0.3, -0.25) is 4.79 Å². The minimum atomic E-state index is -0.0780. The van der Waals surface area contributed by atoms with Crippen LogP contribution in [0.15, 0.2) is 11.6 Å². The highest BCUT2D eigenvalue weighted by Gasteiger charge is 2.47. The Kier molecular flexibility index (Phi) is 5.43. The van der Waals surface area contributed by atoms with Crippen LogP contribution in [0.4, 0.5) is 0 Å². The van der Waals surface area contributed by atoms with Crippen molar-refractivity contribution < 1.29 is 9.53 Å². The van der Waals surface area contributed by atoms with E-state index in [0.717, 1.165) is 12.8 Å². The molecule has 1 saturated carbocycles. The Balaban J connectivity index is 2.40. The fourth-order valence-corrected chi connectivity index (χ4v) is 3.16. The predicted octanol–water partition coefficient (Wildman–Crippen LogP) is 4.35. The van der Waals surface area contributed by atoms with Crippen molar-refractivity contribution in [1.82, 2.24) is 0 Å². The Hall–Kier alpha value is -0.790. The van der Waals surface area contributed by atoms with Gasteiger partial charge in [0.1, 0.15) is 0 Å². The van der Waals surface area contributed by atoms with Crippen molar-refractivity contribution in [2.75, 3.05) is 6.61 Å². The van der Waals surface area contributed by atoms with Crippen LogP contribution in [0.3, 0.4) is 0 Å². The van der Waals surface area contributed by atoms with Crippen LogP contribution < -0.4 is 0 Å². The molecule has 0 amide bonds. The van der Waals surface area contributed by atoms with Crippen molar-refractivity contribution in [2.24, 2.45) is 17.3 Å². The van der Waals surface area contributed by atoms with Crippen LogP contribution in [-0.4, -0.2) is 12.6 Å². The molecule has 0 saturated heterocycles. The van der Waals surface area contributed by atoms with Gasteiger partial charge in [-0.05, 0) is 43.4 Å². The molecular formula is C16H28O2. The fourth-order valence-electron chi connectivity index (χ4n) is 3.16. The third-order valence-electron chi connectivity index (χ3n) is 4.56. The van der Waals surface area contributed by atoms with E-state index in [2.05, 4.69) is 33.8 Å². The smallest absolute Gasteiger partial charge is 0.305 e. The van der Waals surface area contributed by atoms with Gasteiger partial charge in [0.25, 0.3) is 0 Å². The summed E-state index contributed by atoms with van der Waals surface area (Å²) in [6, 6.07) is 0. The van der Waals surface area contributed by atoms with Crippen LogP contribution in [0.1, 0.15) is 60.3 Å². The number of carbonyl (C=O) groups excluding carboxylic acids is 1. The van der Waals surface area contributed by atoms with E-state index in [1.807, 2.05) is 6.92 Å². The van der Waals surface area contributed by atoms with Crippen LogP contribution >= 0.6 is 0 Å². The summed E-state index contributed by atoms with van der Waals surface area (Å²) in [7, 11) is 0. The van der Waals surface area contributed by atoms with E-state index >= 15 is 0 Å². The molecule has 1 fully saturated rings. The normalized spacial score (nSPS) is 26.6. The molecule has 2 heteroatoms. The minimum absolute atomic E-state index is 0.0780. The largest absolute Gasteiger partial charge is 0.466 e. The van der Waals surface area contributed by atoms with E-state index in [-0.39, 0.29) is 5.97 Å². The van der Waals surface area contributed by atoms with Gasteiger partial charge in [0.15, 0.2) is 0 Å². The third kappa shape index (κ3) is 3.37. The molecule has 0 radical (unpaired) electrons. The van der Waals surface area contributed by atoms with E-state index in [4.69, 9.17) is 4.74 Å². The Morgan fingerprint density at radius 3 is 2.56 bits per heavy atom. The maximum Gasteiger partial charge on any atom is 0.305 e. The standard InChI is InChI=1S/C16H28O2/c1-6-8-12(3)14-11-13(16(14,4)5)9-10-18-15(17)7-2/h8,13-14H,6-7,9-11H2,1-5H3/b12-8+/t13-,14-/m1/s1. The molecule has 104 valence electrons. The molecule has 2 atom stereocenters. The Labute approximate surface area is 112 Å². The molecule has 2 nitrogen and oxygen atoms in total. The second-order valence-corrected chi connectivity index (χ2v) is 6.03. The summed E-state index contributed by atoms with van der Waals surface area (Å²) in [6.07, 6.45) is 6.21. The monoisotopic (exact) mass is 252 g/mol. The summed E-state index contributed by atoms with van der Waals surface area (Å²) in [5.41, 5.74) is 1.89.